The maximum absolute atomic E-state index is 6.53. The van der Waals surface area contributed by atoms with Crippen LogP contribution >= 0.6 is 11.8 Å². The van der Waals surface area contributed by atoms with Crippen LogP contribution in [-0.2, 0) is 0 Å². The summed E-state index contributed by atoms with van der Waals surface area (Å²) in [5.41, 5.74) is 8.01. The fourth-order valence-corrected chi connectivity index (χ4v) is 4.62. The van der Waals surface area contributed by atoms with Gasteiger partial charge in [-0.3, -0.25) is 0 Å². The molecular formula is C15H21NS. The van der Waals surface area contributed by atoms with Crippen molar-refractivity contribution >= 4 is 11.8 Å². The lowest BCUT2D eigenvalue weighted by Gasteiger charge is -2.30. The van der Waals surface area contributed by atoms with E-state index in [2.05, 4.69) is 49.0 Å². The fraction of sp³-hybridized carbons (Fsp3) is 0.600. The summed E-state index contributed by atoms with van der Waals surface area (Å²) in [6.45, 7) is 2.37. The van der Waals surface area contributed by atoms with E-state index in [1.807, 2.05) is 0 Å². The van der Waals surface area contributed by atoms with Gasteiger partial charge in [0.05, 0.1) is 0 Å². The highest BCUT2D eigenvalue weighted by atomic mass is 32.2. The van der Waals surface area contributed by atoms with E-state index in [1.54, 1.807) is 0 Å². The van der Waals surface area contributed by atoms with Crippen molar-refractivity contribution in [3.05, 3.63) is 35.9 Å². The quantitative estimate of drug-likeness (QED) is 0.886. The van der Waals surface area contributed by atoms with Gasteiger partial charge in [-0.05, 0) is 49.3 Å². The minimum atomic E-state index is 0.341. The van der Waals surface area contributed by atoms with E-state index < -0.39 is 0 Å². The zero-order valence-electron chi connectivity index (χ0n) is 10.4. The predicted molar refractivity (Wildman–Crippen MR) is 75.4 cm³/mol. The first-order valence-corrected chi connectivity index (χ1v) is 7.64. The molecule has 92 valence electrons. The van der Waals surface area contributed by atoms with Gasteiger partial charge in [-0.25, -0.2) is 0 Å². The van der Waals surface area contributed by atoms with Crippen molar-refractivity contribution in [1.29, 1.82) is 0 Å². The molecule has 0 spiro atoms. The van der Waals surface area contributed by atoms with Gasteiger partial charge in [0, 0.05) is 10.8 Å². The van der Waals surface area contributed by atoms with Gasteiger partial charge < -0.3 is 5.73 Å². The van der Waals surface area contributed by atoms with Crippen LogP contribution in [0.25, 0.3) is 0 Å². The molecule has 2 fully saturated rings. The van der Waals surface area contributed by atoms with Crippen molar-refractivity contribution in [2.75, 3.05) is 5.75 Å². The summed E-state index contributed by atoms with van der Waals surface area (Å²) in [4.78, 5) is 0. The topological polar surface area (TPSA) is 26.0 Å². The molecule has 0 bridgehead atoms. The molecule has 3 rings (SSSR count). The molecule has 2 heteroatoms. The molecule has 1 nitrogen and oxygen atoms in total. The molecule has 4 unspecified atom stereocenters. The first-order valence-electron chi connectivity index (χ1n) is 6.65. The van der Waals surface area contributed by atoms with E-state index >= 15 is 0 Å². The minimum Gasteiger partial charge on any atom is -0.326 e. The Hall–Kier alpha value is -0.470. The molecule has 1 aliphatic carbocycles. The van der Waals surface area contributed by atoms with Crippen molar-refractivity contribution in [1.82, 2.24) is 0 Å². The predicted octanol–water partition coefficient (Wildman–Crippen LogP) is 3.40. The van der Waals surface area contributed by atoms with E-state index in [1.165, 1.54) is 30.6 Å². The van der Waals surface area contributed by atoms with Crippen molar-refractivity contribution < 1.29 is 0 Å². The molecule has 1 saturated heterocycles. The van der Waals surface area contributed by atoms with Crippen LogP contribution in [0, 0.1) is 5.92 Å². The number of thioether (sulfide) groups is 1. The van der Waals surface area contributed by atoms with Gasteiger partial charge in [0.15, 0.2) is 0 Å². The van der Waals surface area contributed by atoms with Gasteiger partial charge in [0.2, 0.25) is 0 Å². The highest BCUT2D eigenvalue weighted by Gasteiger charge is 2.50. The molecular weight excluding hydrogens is 226 g/mol. The Labute approximate surface area is 108 Å². The van der Waals surface area contributed by atoms with E-state index in [0.717, 1.165) is 5.92 Å². The third-order valence-corrected chi connectivity index (χ3v) is 6.11. The number of rotatable bonds is 3. The van der Waals surface area contributed by atoms with Crippen LogP contribution in [0.2, 0.25) is 0 Å². The van der Waals surface area contributed by atoms with E-state index in [9.17, 15) is 0 Å². The first kappa shape index (κ1) is 11.6. The SMILES string of the molecule is CC1(C(N)C2CC2c2ccccc2)CCCS1. The summed E-state index contributed by atoms with van der Waals surface area (Å²) >= 11 is 2.09. The summed E-state index contributed by atoms with van der Waals surface area (Å²) in [5.74, 6) is 2.74. The maximum atomic E-state index is 6.53. The third-order valence-electron chi connectivity index (χ3n) is 4.48. The maximum Gasteiger partial charge on any atom is 0.0286 e. The lowest BCUT2D eigenvalue weighted by atomic mass is 9.91. The number of hydrogen-bond acceptors (Lipinski definition) is 2. The molecule has 1 heterocycles. The van der Waals surface area contributed by atoms with E-state index in [4.69, 9.17) is 5.73 Å². The molecule has 0 amide bonds. The largest absolute Gasteiger partial charge is 0.326 e. The Morgan fingerprint density at radius 1 is 1.35 bits per heavy atom. The Kier molecular flexibility index (Phi) is 2.95. The van der Waals surface area contributed by atoms with Crippen molar-refractivity contribution in [3.8, 4) is 0 Å². The first-order chi connectivity index (χ1) is 8.21. The Morgan fingerprint density at radius 2 is 2.12 bits per heavy atom. The smallest absolute Gasteiger partial charge is 0.0286 e. The second-order valence-electron chi connectivity index (χ2n) is 5.71. The summed E-state index contributed by atoms with van der Waals surface area (Å²) in [6, 6.07) is 11.3. The van der Waals surface area contributed by atoms with Gasteiger partial charge in [-0.2, -0.15) is 11.8 Å². The van der Waals surface area contributed by atoms with Gasteiger partial charge in [-0.15, -0.1) is 0 Å². The van der Waals surface area contributed by atoms with Gasteiger partial charge >= 0.3 is 0 Å². The number of nitrogens with two attached hydrogens (primary N) is 1. The molecule has 2 N–H and O–H groups in total. The standard InChI is InChI=1S/C15H21NS/c1-15(8-5-9-17-15)14(16)13-10-12(13)11-6-3-2-4-7-11/h2-4,6-7,12-14H,5,8-10,16H2,1H3. The van der Waals surface area contributed by atoms with Crippen LogP contribution in [0.5, 0.6) is 0 Å². The number of hydrogen-bond donors (Lipinski definition) is 1. The zero-order chi connectivity index (χ0) is 11.9. The van der Waals surface area contributed by atoms with Crippen LogP contribution < -0.4 is 5.73 Å². The summed E-state index contributed by atoms with van der Waals surface area (Å²) in [5, 5.41) is 0. The van der Waals surface area contributed by atoms with Crippen LogP contribution in [0.1, 0.15) is 37.7 Å². The second kappa shape index (κ2) is 4.33. The summed E-state index contributed by atoms with van der Waals surface area (Å²) in [7, 11) is 0. The lowest BCUT2D eigenvalue weighted by molar-refractivity contribution is 0.438. The normalized spacial score (nSPS) is 38.0. The molecule has 0 radical (unpaired) electrons. The van der Waals surface area contributed by atoms with Crippen LogP contribution in [0.15, 0.2) is 30.3 Å². The van der Waals surface area contributed by atoms with E-state index in [0.29, 0.717) is 16.7 Å². The summed E-state index contributed by atoms with van der Waals surface area (Å²) < 4.78 is 0.341. The average Bonchev–Trinajstić information content (AvgIpc) is 3.05. The Balaban J connectivity index is 1.68. The van der Waals surface area contributed by atoms with Crippen LogP contribution in [-0.4, -0.2) is 16.5 Å². The molecule has 1 aliphatic heterocycles. The van der Waals surface area contributed by atoms with Gasteiger partial charge in [0.1, 0.15) is 0 Å². The molecule has 2 aliphatic rings. The van der Waals surface area contributed by atoms with E-state index in [-0.39, 0.29) is 0 Å². The van der Waals surface area contributed by atoms with Crippen LogP contribution in [0.4, 0.5) is 0 Å². The van der Waals surface area contributed by atoms with Crippen LogP contribution in [0.3, 0.4) is 0 Å². The molecule has 17 heavy (non-hydrogen) atoms. The number of benzene rings is 1. The summed E-state index contributed by atoms with van der Waals surface area (Å²) in [6.07, 6.45) is 3.94. The van der Waals surface area contributed by atoms with Crippen molar-refractivity contribution in [2.45, 2.75) is 42.9 Å². The molecule has 0 aromatic heterocycles. The minimum absolute atomic E-state index is 0.341. The fourth-order valence-electron chi connectivity index (χ4n) is 3.21. The highest BCUT2D eigenvalue weighted by molar-refractivity contribution is 8.00. The monoisotopic (exact) mass is 247 g/mol. The van der Waals surface area contributed by atoms with Gasteiger partial charge in [0.25, 0.3) is 0 Å². The molecule has 1 aromatic carbocycles. The molecule has 1 saturated carbocycles. The Morgan fingerprint density at radius 3 is 2.76 bits per heavy atom. The highest BCUT2D eigenvalue weighted by Crippen LogP contribution is 2.54. The van der Waals surface area contributed by atoms with Gasteiger partial charge in [-0.1, -0.05) is 30.3 Å². The zero-order valence-corrected chi connectivity index (χ0v) is 11.2. The second-order valence-corrected chi connectivity index (χ2v) is 7.34. The molecule has 4 atom stereocenters. The third kappa shape index (κ3) is 2.13. The van der Waals surface area contributed by atoms with Crippen molar-refractivity contribution in [3.63, 3.8) is 0 Å². The molecule has 1 aromatic rings. The lowest BCUT2D eigenvalue weighted by Crippen LogP contribution is -2.43. The Bertz CT molecular complexity index is 383. The van der Waals surface area contributed by atoms with Crippen molar-refractivity contribution in [2.24, 2.45) is 11.7 Å². The average molecular weight is 247 g/mol.